The number of pyridine rings is 1. The zero-order valence-electron chi connectivity index (χ0n) is 14.8. The topological polar surface area (TPSA) is 58.5 Å². The number of benzene rings is 1. The minimum Gasteiger partial charge on any atom is -0.439 e. The first kappa shape index (κ1) is 17.9. The highest BCUT2D eigenvalue weighted by Crippen LogP contribution is 2.20. The SMILES string of the molecule is CCNC(=NCc1ccnc(Oc2ccc(F)cc2)c1)NC1CC=CC1. The van der Waals surface area contributed by atoms with Crippen LogP contribution < -0.4 is 15.4 Å². The quantitative estimate of drug-likeness (QED) is 0.471. The van der Waals surface area contributed by atoms with Gasteiger partial charge in [-0.3, -0.25) is 0 Å². The molecule has 26 heavy (non-hydrogen) atoms. The Hall–Kier alpha value is -2.89. The molecular formula is C20H23FN4O. The molecule has 0 saturated heterocycles. The molecule has 0 bridgehead atoms. The summed E-state index contributed by atoms with van der Waals surface area (Å²) in [7, 11) is 0. The molecule has 6 heteroatoms. The van der Waals surface area contributed by atoms with Crippen LogP contribution in [0.4, 0.5) is 4.39 Å². The van der Waals surface area contributed by atoms with Crippen molar-refractivity contribution >= 4 is 5.96 Å². The molecule has 0 fully saturated rings. The van der Waals surface area contributed by atoms with Gasteiger partial charge in [-0.1, -0.05) is 12.2 Å². The van der Waals surface area contributed by atoms with Gasteiger partial charge in [-0.2, -0.15) is 0 Å². The van der Waals surface area contributed by atoms with E-state index in [4.69, 9.17) is 4.74 Å². The van der Waals surface area contributed by atoms with Gasteiger partial charge in [-0.05, 0) is 55.7 Å². The summed E-state index contributed by atoms with van der Waals surface area (Å²) in [5.74, 6) is 1.51. The van der Waals surface area contributed by atoms with Gasteiger partial charge in [0.05, 0.1) is 6.54 Å². The van der Waals surface area contributed by atoms with E-state index in [9.17, 15) is 4.39 Å². The third-order valence-electron chi connectivity index (χ3n) is 3.95. The lowest BCUT2D eigenvalue weighted by Gasteiger charge is -2.16. The first-order valence-electron chi connectivity index (χ1n) is 8.81. The van der Waals surface area contributed by atoms with Gasteiger partial charge in [0, 0.05) is 24.8 Å². The normalized spacial score (nSPS) is 14.5. The van der Waals surface area contributed by atoms with Crippen LogP contribution in [0.15, 0.2) is 59.7 Å². The second-order valence-corrected chi connectivity index (χ2v) is 6.04. The van der Waals surface area contributed by atoms with Crippen molar-refractivity contribution in [1.29, 1.82) is 0 Å². The summed E-state index contributed by atoms with van der Waals surface area (Å²) >= 11 is 0. The van der Waals surface area contributed by atoms with Crippen molar-refractivity contribution in [3.8, 4) is 11.6 Å². The molecule has 2 N–H and O–H groups in total. The van der Waals surface area contributed by atoms with E-state index in [2.05, 4.69) is 32.8 Å². The van der Waals surface area contributed by atoms with Gasteiger partial charge in [-0.25, -0.2) is 14.4 Å². The summed E-state index contributed by atoms with van der Waals surface area (Å²) in [5, 5.41) is 6.71. The lowest BCUT2D eigenvalue weighted by molar-refractivity contribution is 0.460. The van der Waals surface area contributed by atoms with Crippen LogP contribution in [-0.2, 0) is 6.54 Å². The Labute approximate surface area is 153 Å². The van der Waals surface area contributed by atoms with Crippen molar-refractivity contribution in [1.82, 2.24) is 15.6 Å². The van der Waals surface area contributed by atoms with Crippen molar-refractivity contribution < 1.29 is 9.13 Å². The van der Waals surface area contributed by atoms with E-state index in [1.54, 1.807) is 18.3 Å². The summed E-state index contributed by atoms with van der Waals surface area (Å²) in [4.78, 5) is 8.84. The molecule has 0 aliphatic heterocycles. The number of hydrogen-bond donors (Lipinski definition) is 2. The van der Waals surface area contributed by atoms with Crippen LogP contribution in [-0.4, -0.2) is 23.5 Å². The Bertz CT molecular complexity index is 766. The van der Waals surface area contributed by atoms with E-state index >= 15 is 0 Å². The highest BCUT2D eigenvalue weighted by atomic mass is 19.1. The highest BCUT2D eigenvalue weighted by molar-refractivity contribution is 5.80. The molecule has 0 spiro atoms. The molecule has 1 aliphatic carbocycles. The van der Waals surface area contributed by atoms with Crippen LogP contribution in [0.5, 0.6) is 11.6 Å². The van der Waals surface area contributed by atoms with Crippen LogP contribution in [0.2, 0.25) is 0 Å². The van der Waals surface area contributed by atoms with Crippen LogP contribution >= 0.6 is 0 Å². The molecule has 2 aromatic rings. The fourth-order valence-corrected chi connectivity index (χ4v) is 2.65. The van der Waals surface area contributed by atoms with E-state index < -0.39 is 0 Å². The number of nitrogens with zero attached hydrogens (tertiary/aromatic N) is 2. The molecule has 3 rings (SSSR count). The summed E-state index contributed by atoms with van der Waals surface area (Å²) in [5.41, 5.74) is 0.985. The maximum absolute atomic E-state index is 13.0. The van der Waals surface area contributed by atoms with Gasteiger partial charge < -0.3 is 15.4 Å². The molecule has 0 unspecified atom stereocenters. The molecule has 5 nitrogen and oxygen atoms in total. The Morgan fingerprint density at radius 3 is 2.73 bits per heavy atom. The van der Waals surface area contributed by atoms with Crippen LogP contribution in [0.1, 0.15) is 25.3 Å². The maximum Gasteiger partial charge on any atom is 0.219 e. The monoisotopic (exact) mass is 354 g/mol. The third-order valence-corrected chi connectivity index (χ3v) is 3.95. The van der Waals surface area contributed by atoms with E-state index in [0.717, 1.165) is 30.9 Å². The van der Waals surface area contributed by atoms with Gasteiger partial charge >= 0.3 is 0 Å². The number of rotatable bonds is 6. The zero-order chi connectivity index (χ0) is 18.2. The molecule has 0 atom stereocenters. The predicted molar refractivity (Wildman–Crippen MR) is 101 cm³/mol. The zero-order valence-corrected chi connectivity index (χ0v) is 14.8. The van der Waals surface area contributed by atoms with Gasteiger partial charge in [0.25, 0.3) is 0 Å². The predicted octanol–water partition coefficient (Wildman–Crippen LogP) is 3.79. The first-order valence-corrected chi connectivity index (χ1v) is 8.81. The van der Waals surface area contributed by atoms with Gasteiger partial charge in [0.1, 0.15) is 11.6 Å². The Morgan fingerprint density at radius 1 is 1.23 bits per heavy atom. The minimum absolute atomic E-state index is 0.297. The van der Waals surface area contributed by atoms with Crippen molar-refractivity contribution in [3.05, 3.63) is 66.1 Å². The molecule has 0 radical (unpaired) electrons. The Balaban J connectivity index is 1.63. The molecule has 1 aliphatic rings. The van der Waals surface area contributed by atoms with E-state index in [1.807, 2.05) is 19.1 Å². The standard InChI is InChI=1S/C20H23FN4O/c1-2-22-20(25-17-5-3-4-6-17)24-14-15-11-12-23-19(13-15)26-18-9-7-16(21)8-10-18/h3-4,7-13,17H,2,5-6,14H2,1H3,(H2,22,24,25). The van der Waals surface area contributed by atoms with Gasteiger partial charge in [0.15, 0.2) is 5.96 Å². The van der Waals surface area contributed by atoms with E-state index in [-0.39, 0.29) is 5.82 Å². The van der Waals surface area contributed by atoms with Crippen molar-refractivity contribution in [2.75, 3.05) is 6.54 Å². The lowest BCUT2D eigenvalue weighted by Crippen LogP contribution is -2.42. The van der Waals surface area contributed by atoms with Crippen LogP contribution in [0.25, 0.3) is 0 Å². The molecular weight excluding hydrogens is 331 g/mol. The summed E-state index contributed by atoms with van der Waals surface area (Å²) in [6, 6.07) is 10.0. The molecule has 0 saturated carbocycles. The number of guanidine groups is 1. The summed E-state index contributed by atoms with van der Waals surface area (Å²) < 4.78 is 18.6. The maximum atomic E-state index is 13.0. The van der Waals surface area contributed by atoms with E-state index in [1.165, 1.54) is 12.1 Å². The Morgan fingerprint density at radius 2 is 2.00 bits per heavy atom. The first-order chi connectivity index (χ1) is 12.7. The fraction of sp³-hybridized carbons (Fsp3) is 0.300. The van der Waals surface area contributed by atoms with Gasteiger partial charge in [-0.15, -0.1) is 0 Å². The fourth-order valence-electron chi connectivity index (χ4n) is 2.65. The number of aliphatic imine (C=N–C) groups is 1. The number of nitrogens with one attached hydrogen (secondary N) is 2. The lowest BCUT2D eigenvalue weighted by atomic mass is 10.2. The average molecular weight is 354 g/mol. The van der Waals surface area contributed by atoms with E-state index in [0.29, 0.717) is 24.2 Å². The number of hydrogen-bond acceptors (Lipinski definition) is 3. The van der Waals surface area contributed by atoms with Crippen molar-refractivity contribution in [3.63, 3.8) is 0 Å². The number of ether oxygens (including phenoxy) is 1. The second kappa shape index (κ2) is 8.99. The highest BCUT2D eigenvalue weighted by Gasteiger charge is 2.11. The smallest absolute Gasteiger partial charge is 0.219 e. The molecule has 1 aromatic heterocycles. The van der Waals surface area contributed by atoms with Crippen molar-refractivity contribution in [2.24, 2.45) is 4.99 Å². The third kappa shape index (κ3) is 5.31. The minimum atomic E-state index is -0.297. The number of halogens is 1. The largest absolute Gasteiger partial charge is 0.439 e. The summed E-state index contributed by atoms with van der Waals surface area (Å²) in [6.45, 7) is 3.37. The molecule has 136 valence electrons. The average Bonchev–Trinajstić information content (AvgIpc) is 3.15. The molecule has 0 amide bonds. The van der Waals surface area contributed by atoms with Crippen LogP contribution in [0, 0.1) is 5.82 Å². The van der Waals surface area contributed by atoms with Crippen molar-refractivity contribution in [2.45, 2.75) is 32.4 Å². The van der Waals surface area contributed by atoms with Gasteiger partial charge in [0.2, 0.25) is 5.88 Å². The molecule has 1 aromatic carbocycles. The second-order valence-electron chi connectivity index (χ2n) is 6.04. The van der Waals surface area contributed by atoms with Crippen LogP contribution in [0.3, 0.4) is 0 Å². The molecule has 1 heterocycles. The summed E-state index contributed by atoms with van der Waals surface area (Å²) in [6.07, 6.45) is 8.10. The number of aromatic nitrogens is 1. The Kier molecular flexibility index (Phi) is 6.19.